The molecule has 1 unspecified atom stereocenters. The number of nitrogens with one attached hydrogen (secondary N) is 3. The van der Waals surface area contributed by atoms with Crippen LogP contribution in [-0.4, -0.2) is 74.0 Å². The molecule has 0 bridgehead atoms. The predicted molar refractivity (Wildman–Crippen MR) is 239 cm³/mol. The highest BCUT2D eigenvalue weighted by Gasteiger charge is 2.33. The largest absolute Gasteiger partial charge is 0.357 e. The van der Waals surface area contributed by atoms with Crippen molar-refractivity contribution in [2.24, 2.45) is 18.9 Å². The number of benzene rings is 2. The second-order valence-corrected chi connectivity index (χ2v) is 17.7. The van der Waals surface area contributed by atoms with Gasteiger partial charge in [-0.1, -0.05) is 12.1 Å². The van der Waals surface area contributed by atoms with Crippen LogP contribution < -0.4 is 37.7 Å². The third-order valence-corrected chi connectivity index (χ3v) is 13.3. The number of piperidine rings is 3. The molecule has 1 saturated carbocycles. The molecule has 3 amide bonds. The summed E-state index contributed by atoms with van der Waals surface area (Å²) in [6.07, 6.45) is 7.32. The monoisotopic (exact) mass is 857 g/mol. The van der Waals surface area contributed by atoms with Gasteiger partial charge in [0.1, 0.15) is 22.8 Å². The molecule has 3 saturated heterocycles. The third kappa shape index (κ3) is 8.31. The van der Waals surface area contributed by atoms with E-state index in [9.17, 15) is 28.8 Å². The van der Waals surface area contributed by atoms with Crippen molar-refractivity contribution in [2.45, 2.75) is 77.2 Å². The van der Waals surface area contributed by atoms with Crippen molar-refractivity contribution in [2.75, 3.05) is 48.3 Å². The summed E-state index contributed by atoms with van der Waals surface area (Å²) in [5.41, 5.74) is 1.23. The number of hydrogen-bond acceptors (Lipinski definition) is 10. The molecule has 9 rings (SSSR count). The van der Waals surface area contributed by atoms with Crippen LogP contribution in [0.15, 0.2) is 75.2 Å². The minimum Gasteiger partial charge on any atom is -0.357 e. The summed E-state index contributed by atoms with van der Waals surface area (Å²) >= 11 is 0. The average Bonchev–Trinajstić information content (AvgIpc) is 4.11. The number of carbonyl (C=O) groups is 3. The number of hydrogen-bond donors (Lipinski definition) is 3. The van der Waals surface area contributed by atoms with Crippen LogP contribution >= 0.6 is 0 Å². The summed E-state index contributed by atoms with van der Waals surface area (Å²) in [6, 6.07) is 15.0. The molecular formula is C47H52FN9O6. The number of aromatic nitrogens is 4. The SMILES string of the molecule is Cc1ccc(Nc2c3c(=O)n(C4CC4)c(=O)n(-c4cccc(NC(=O)C5CCN(CC6CCN(c7cc(C8CCC(=O)NC8=O)ccn7)CC6)CC5)c4)c3c(C)c(=O)n2C)c(F)c1. The minimum absolute atomic E-state index is 0.0735. The first-order chi connectivity index (χ1) is 30.3. The number of aryl methyl sites for hydroxylation is 2. The Morgan fingerprint density at radius 1 is 0.873 bits per heavy atom. The van der Waals surface area contributed by atoms with Gasteiger partial charge in [-0.2, -0.15) is 0 Å². The van der Waals surface area contributed by atoms with Crippen LogP contribution in [-0.2, 0) is 21.4 Å². The first-order valence-corrected chi connectivity index (χ1v) is 22.0. The number of amides is 3. The number of anilines is 4. The summed E-state index contributed by atoms with van der Waals surface area (Å²) in [6.45, 7) is 7.62. The summed E-state index contributed by atoms with van der Waals surface area (Å²) in [4.78, 5) is 89.5. The van der Waals surface area contributed by atoms with Crippen LogP contribution in [0.5, 0.6) is 0 Å². The van der Waals surface area contributed by atoms with Gasteiger partial charge in [-0.3, -0.25) is 43.0 Å². The van der Waals surface area contributed by atoms with Gasteiger partial charge in [0, 0.05) is 62.5 Å². The van der Waals surface area contributed by atoms with Crippen molar-refractivity contribution in [3.63, 3.8) is 0 Å². The Balaban J connectivity index is 0.870. The van der Waals surface area contributed by atoms with E-state index >= 15 is 4.39 Å². The van der Waals surface area contributed by atoms with Crippen molar-refractivity contribution < 1.29 is 18.8 Å². The maximum Gasteiger partial charge on any atom is 0.336 e. The van der Waals surface area contributed by atoms with E-state index in [1.807, 2.05) is 12.1 Å². The van der Waals surface area contributed by atoms with Gasteiger partial charge in [0.2, 0.25) is 17.7 Å². The lowest BCUT2D eigenvalue weighted by molar-refractivity contribution is -0.134. The van der Waals surface area contributed by atoms with E-state index in [-0.39, 0.29) is 63.6 Å². The van der Waals surface area contributed by atoms with E-state index in [1.165, 1.54) is 26.8 Å². The topological polar surface area (TPSA) is 173 Å². The summed E-state index contributed by atoms with van der Waals surface area (Å²) in [7, 11) is 1.51. The van der Waals surface area contributed by atoms with Crippen molar-refractivity contribution >= 4 is 51.6 Å². The second kappa shape index (κ2) is 17.0. The Bertz CT molecular complexity index is 2830. The Labute approximate surface area is 362 Å². The van der Waals surface area contributed by atoms with Crippen molar-refractivity contribution in [1.29, 1.82) is 0 Å². The van der Waals surface area contributed by atoms with Crippen molar-refractivity contribution in [1.82, 2.24) is 28.9 Å². The van der Waals surface area contributed by atoms with E-state index in [4.69, 9.17) is 0 Å². The van der Waals surface area contributed by atoms with Crippen LogP contribution in [0.3, 0.4) is 0 Å². The fourth-order valence-electron chi connectivity index (χ4n) is 9.59. The summed E-state index contributed by atoms with van der Waals surface area (Å²) < 4.78 is 19.0. The van der Waals surface area contributed by atoms with Gasteiger partial charge in [-0.05, 0) is 131 Å². The molecule has 328 valence electrons. The van der Waals surface area contributed by atoms with Crippen LogP contribution in [0.25, 0.3) is 16.6 Å². The number of likely N-dealkylation sites (tertiary alicyclic amines) is 1. The van der Waals surface area contributed by atoms with Crippen LogP contribution in [0.1, 0.15) is 80.0 Å². The third-order valence-electron chi connectivity index (χ3n) is 13.3. The van der Waals surface area contributed by atoms with Crippen LogP contribution in [0.4, 0.5) is 27.4 Å². The smallest absolute Gasteiger partial charge is 0.336 e. The van der Waals surface area contributed by atoms with Gasteiger partial charge in [-0.25, -0.2) is 14.2 Å². The number of nitrogens with zero attached hydrogens (tertiary/aromatic N) is 6. The number of halogens is 1. The van der Waals surface area contributed by atoms with Gasteiger partial charge in [0.05, 0.1) is 22.8 Å². The lowest BCUT2D eigenvalue weighted by Crippen LogP contribution is -2.43. The predicted octanol–water partition coefficient (Wildman–Crippen LogP) is 5.17. The van der Waals surface area contributed by atoms with E-state index < -0.39 is 22.6 Å². The van der Waals surface area contributed by atoms with Gasteiger partial charge in [0.15, 0.2) is 0 Å². The standard InChI is InChI=1S/C47H52FN9O6/c1-27-7-11-37(36(48)23-27)51-42-40-41(28(2)45(61)53(42)3)56(47(63)57(46(40)62)33-8-9-33)34-6-4-5-32(25-34)50-43(59)30-16-19-54(20-17-30)26-29-14-21-55(22-15-29)38-24-31(13-18-49-38)35-10-12-39(58)52-44(35)60/h4-7,11,13,18,23-25,29-30,33,35,51H,8-10,12,14-17,19-22,26H2,1-3H3,(H,50,59)(H,52,58,60). The Morgan fingerprint density at radius 2 is 1.63 bits per heavy atom. The van der Waals surface area contributed by atoms with E-state index in [2.05, 4.69) is 30.7 Å². The van der Waals surface area contributed by atoms with Crippen LogP contribution in [0.2, 0.25) is 0 Å². The molecule has 16 heteroatoms. The molecule has 1 atom stereocenters. The summed E-state index contributed by atoms with van der Waals surface area (Å²) in [5.74, 6) is -0.226. The molecule has 0 radical (unpaired) electrons. The average molecular weight is 858 g/mol. The van der Waals surface area contributed by atoms with Gasteiger partial charge >= 0.3 is 5.69 Å². The molecule has 15 nitrogen and oxygen atoms in total. The lowest BCUT2D eigenvalue weighted by atomic mass is 9.90. The van der Waals surface area contributed by atoms with Crippen LogP contribution in [0, 0.1) is 31.5 Å². The zero-order chi connectivity index (χ0) is 44.1. The quantitative estimate of drug-likeness (QED) is 0.159. The van der Waals surface area contributed by atoms with Gasteiger partial charge in [-0.15, -0.1) is 0 Å². The Kier molecular flexibility index (Phi) is 11.3. The number of fused-ring (bicyclic) bond motifs is 1. The second-order valence-electron chi connectivity index (χ2n) is 17.7. The molecule has 3 aromatic heterocycles. The number of imide groups is 1. The molecule has 3 aliphatic heterocycles. The molecule has 3 N–H and O–H groups in total. The highest BCUT2D eigenvalue weighted by atomic mass is 19.1. The van der Waals surface area contributed by atoms with Crippen molar-refractivity contribution in [3.05, 3.63) is 114 Å². The van der Waals surface area contributed by atoms with E-state index in [0.717, 1.165) is 56.9 Å². The number of rotatable bonds is 10. The molecule has 0 spiro atoms. The molecule has 2 aromatic carbocycles. The molecule has 4 aliphatic rings. The Morgan fingerprint density at radius 3 is 2.35 bits per heavy atom. The maximum absolute atomic E-state index is 15.2. The zero-order valence-electron chi connectivity index (χ0n) is 35.8. The molecule has 63 heavy (non-hydrogen) atoms. The highest BCUT2D eigenvalue weighted by Crippen LogP contribution is 2.35. The normalized spacial score (nSPS) is 19.0. The molecule has 4 fully saturated rings. The Hall–Kier alpha value is -6.42. The highest BCUT2D eigenvalue weighted by molar-refractivity contribution is 6.01. The molecular weight excluding hydrogens is 806 g/mol. The first kappa shape index (κ1) is 41.9. The fraction of sp³-hybridized carbons (Fsp3) is 0.426. The molecule has 5 aromatic rings. The zero-order valence-corrected chi connectivity index (χ0v) is 35.8. The lowest BCUT2D eigenvalue weighted by Gasteiger charge is -2.38. The first-order valence-electron chi connectivity index (χ1n) is 22.0. The number of pyridine rings is 2. The van der Waals surface area contributed by atoms with Crippen molar-refractivity contribution in [3.8, 4) is 5.69 Å². The van der Waals surface area contributed by atoms with E-state index in [1.54, 1.807) is 56.4 Å². The van der Waals surface area contributed by atoms with Gasteiger partial charge in [0.25, 0.3) is 11.1 Å². The summed E-state index contributed by atoms with van der Waals surface area (Å²) in [5, 5.41) is 8.61. The van der Waals surface area contributed by atoms with Gasteiger partial charge < -0.3 is 20.4 Å². The molecule has 6 heterocycles. The minimum atomic E-state index is -0.587. The maximum atomic E-state index is 15.2. The number of carbonyl (C=O) groups excluding carboxylic acids is 3. The fourth-order valence-corrected chi connectivity index (χ4v) is 9.59. The van der Waals surface area contributed by atoms with E-state index in [0.29, 0.717) is 61.4 Å². The molecule has 1 aliphatic carbocycles.